The topological polar surface area (TPSA) is 46.3 Å². The van der Waals surface area contributed by atoms with Gasteiger partial charge in [0, 0.05) is 19.4 Å². The maximum Gasteiger partial charge on any atom is 0.197 e. The molecule has 0 saturated carbocycles. The van der Waals surface area contributed by atoms with Gasteiger partial charge < -0.3 is 10.3 Å². The van der Waals surface area contributed by atoms with E-state index in [0.717, 1.165) is 15.9 Å². The van der Waals surface area contributed by atoms with Crippen molar-refractivity contribution in [2.45, 2.75) is 25.5 Å². The average Bonchev–Trinajstić information content (AvgIpc) is 2.48. The van der Waals surface area contributed by atoms with E-state index in [1.165, 1.54) is 6.21 Å². The first-order chi connectivity index (χ1) is 9.51. The smallest absolute Gasteiger partial charge is 0.197 e. The Morgan fingerprint density at radius 2 is 1.50 bits per heavy atom. The quantitative estimate of drug-likeness (QED) is 0.401. The molecule has 1 N–H and O–H groups in total. The Labute approximate surface area is 119 Å². The zero-order chi connectivity index (χ0) is 14.6. The zero-order valence-corrected chi connectivity index (χ0v) is 11.7. The van der Waals surface area contributed by atoms with Gasteiger partial charge in [-0.25, -0.2) is 4.74 Å². The van der Waals surface area contributed by atoms with Gasteiger partial charge in [-0.15, -0.1) is 0 Å². The summed E-state index contributed by atoms with van der Waals surface area (Å²) in [6.07, 6.45) is 0.646. The summed E-state index contributed by atoms with van der Waals surface area (Å²) in [4.78, 5) is 0. The van der Waals surface area contributed by atoms with E-state index in [1.807, 2.05) is 60.7 Å². The number of aliphatic hydroxyl groups excluding tert-OH is 1. The molecule has 0 radical (unpaired) electrons. The second-order valence-electron chi connectivity index (χ2n) is 5.33. The summed E-state index contributed by atoms with van der Waals surface area (Å²) in [6, 6.07) is 18.6. The van der Waals surface area contributed by atoms with Gasteiger partial charge in [0.25, 0.3) is 0 Å². The third-order valence-corrected chi connectivity index (χ3v) is 3.42. The predicted octanol–water partition coefficient (Wildman–Crippen LogP) is 3.13. The largest absolute Gasteiger partial charge is 0.623 e. The molecule has 104 valence electrons. The van der Waals surface area contributed by atoms with Gasteiger partial charge >= 0.3 is 0 Å². The van der Waals surface area contributed by atoms with Crippen LogP contribution in [-0.2, 0) is 0 Å². The first-order valence-corrected chi connectivity index (χ1v) is 6.61. The molecule has 0 heterocycles. The third kappa shape index (κ3) is 3.06. The first-order valence-electron chi connectivity index (χ1n) is 6.61. The van der Waals surface area contributed by atoms with E-state index in [0.29, 0.717) is 0 Å². The minimum atomic E-state index is -0.947. The summed E-state index contributed by atoms with van der Waals surface area (Å²) < 4.78 is 0.819. The summed E-state index contributed by atoms with van der Waals surface area (Å²) in [6.45, 7) is 3.47. The molecule has 2 rings (SSSR count). The van der Waals surface area contributed by atoms with Crippen LogP contribution in [0.25, 0.3) is 0 Å². The summed E-state index contributed by atoms with van der Waals surface area (Å²) in [5.74, 6) is 0. The van der Waals surface area contributed by atoms with Crippen LogP contribution in [0.3, 0.4) is 0 Å². The standard InChI is InChI=1S/C17H19NO2/c1-17(2,16(19)15-11-7-4-8-12-15)18(20)13-14-9-5-3-6-10-14/h3-13,16,19H,1-2H3/b18-13-/t16-/m1/s1. The normalized spacial score (nSPS) is 14.1. The molecule has 3 nitrogen and oxygen atoms in total. The van der Waals surface area contributed by atoms with Gasteiger partial charge in [-0.1, -0.05) is 48.5 Å². The molecular formula is C17H19NO2. The van der Waals surface area contributed by atoms with Crippen LogP contribution in [0.2, 0.25) is 0 Å². The van der Waals surface area contributed by atoms with Gasteiger partial charge in [0.05, 0.1) is 0 Å². The van der Waals surface area contributed by atoms with Crippen molar-refractivity contribution in [3.8, 4) is 0 Å². The minimum Gasteiger partial charge on any atom is -0.623 e. The SMILES string of the molecule is CC(C)([C@H](O)c1ccccc1)/[N+]([O-])=C/c1ccccc1. The van der Waals surface area contributed by atoms with Crippen molar-refractivity contribution in [2.24, 2.45) is 0 Å². The second-order valence-corrected chi connectivity index (χ2v) is 5.33. The molecule has 0 bridgehead atoms. The molecule has 0 spiro atoms. The zero-order valence-electron chi connectivity index (χ0n) is 11.7. The highest BCUT2D eigenvalue weighted by Gasteiger charge is 2.36. The lowest BCUT2D eigenvalue weighted by Crippen LogP contribution is -2.40. The van der Waals surface area contributed by atoms with Gasteiger partial charge in [-0.2, -0.15) is 0 Å². The molecular weight excluding hydrogens is 250 g/mol. The number of benzene rings is 2. The van der Waals surface area contributed by atoms with Gasteiger partial charge in [0.1, 0.15) is 6.10 Å². The van der Waals surface area contributed by atoms with Gasteiger partial charge in [0.15, 0.2) is 11.8 Å². The van der Waals surface area contributed by atoms with Crippen LogP contribution in [0.15, 0.2) is 60.7 Å². The molecule has 20 heavy (non-hydrogen) atoms. The molecule has 0 amide bonds. The van der Waals surface area contributed by atoms with E-state index in [9.17, 15) is 10.3 Å². The second kappa shape index (κ2) is 5.88. The number of aliphatic hydroxyl groups is 1. The maximum atomic E-state index is 12.4. The number of rotatable bonds is 4. The molecule has 0 unspecified atom stereocenters. The van der Waals surface area contributed by atoms with E-state index in [4.69, 9.17) is 0 Å². The lowest BCUT2D eigenvalue weighted by atomic mass is 9.91. The van der Waals surface area contributed by atoms with Crippen molar-refractivity contribution in [2.75, 3.05) is 0 Å². The van der Waals surface area contributed by atoms with E-state index < -0.39 is 11.6 Å². The lowest BCUT2D eigenvalue weighted by molar-refractivity contribution is -0.551. The number of hydrogen-bond acceptors (Lipinski definition) is 2. The number of nitrogens with zero attached hydrogens (tertiary/aromatic N) is 1. The first kappa shape index (κ1) is 14.3. The molecule has 0 aromatic heterocycles. The summed E-state index contributed by atoms with van der Waals surface area (Å²) in [7, 11) is 0. The molecule has 3 heteroatoms. The molecule has 0 aliphatic carbocycles. The highest BCUT2D eigenvalue weighted by atomic mass is 16.5. The Morgan fingerprint density at radius 1 is 1.00 bits per heavy atom. The molecule has 0 fully saturated rings. The van der Waals surface area contributed by atoms with Crippen molar-refractivity contribution < 1.29 is 9.85 Å². The highest BCUT2D eigenvalue weighted by molar-refractivity contribution is 5.75. The molecule has 2 aromatic carbocycles. The van der Waals surface area contributed by atoms with Crippen molar-refractivity contribution >= 4 is 6.21 Å². The van der Waals surface area contributed by atoms with E-state index >= 15 is 0 Å². The van der Waals surface area contributed by atoms with Gasteiger partial charge in [0.2, 0.25) is 0 Å². The van der Waals surface area contributed by atoms with E-state index in [1.54, 1.807) is 13.8 Å². The predicted molar refractivity (Wildman–Crippen MR) is 80.7 cm³/mol. The summed E-state index contributed by atoms with van der Waals surface area (Å²) in [5, 5.41) is 22.8. The Morgan fingerprint density at radius 3 is 2.05 bits per heavy atom. The molecule has 0 aliphatic rings. The number of hydroxylamine groups is 1. The van der Waals surface area contributed by atoms with Crippen LogP contribution in [0.4, 0.5) is 0 Å². The van der Waals surface area contributed by atoms with E-state index in [-0.39, 0.29) is 0 Å². The summed E-state index contributed by atoms with van der Waals surface area (Å²) >= 11 is 0. The Hall–Kier alpha value is -2.13. The molecule has 0 aliphatic heterocycles. The maximum absolute atomic E-state index is 12.4. The monoisotopic (exact) mass is 269 g/mol. The fourth-order valence-corrected chi connectivity index (χ4v) is 2.00. The summed E-state index contributed by atoms with van der Waals surface area (Å²) in [5.41, 5.74) is 0.604. The Bertz CT molecular complexity index is 576. The number of hydrogen-bond donors (Lipinski definition) is 1. The van der Waals surface area contributed by atoms with Gasteiger partial charge in [-0.3, -0.25) is 0 Å². The molecule has 1 atom stereocenters. The van der Waals surface area contributed by atoms with Crippen molar-refractivity contribution in [1.29, 1.82) is 0 Å². The van der Waals surface area contributed by atoms with Crippen LogP contribution >= 0.6 is 0 Å². The highest BCUT2D eigenvalue weighted by Crippen LogP contribution is 2.28. The Balaban J connectivity index is 2.28. The van der Waals surface area contributed by atoms with Crippen molar-refractivity contribution in [3.05, 3.63) is 77.0 Å². The van der Waals surface area contributed by atoms with Crippen LogP contribution in [0, 0.1) is 5.21 Å². The average molecular weight is 269 g/mol. The van der Waals surface area contributed by atoms with Crippen LogP contribution in [0.5, 0.6) is 0 Å². The van der Waals surface area contributed by atoms with Gasteiger partial charge in [-0.05, 0) is 17.7 Å². The minimum absolute atomic E-state index is 0.736. The van der Waals surface area contributed by atoms with Crippen LogP contribution in [-0.4, -0.2) is 21.6 Å². The van der Waals surface area contributed by atoms with Crippen LogP contribution in [0.1, 0.15) is 31.1 Å². The fourth-order valence-electron chi connectivity index (χ4n) is 2.00. The lowest BCUT2D eigenvalue weighted by Gasteiger charge is -2.29. The van der Waals surface area contributed by atoms with Crippen molar-refractivity contribution in [3.63, 3.8) is 0 Å². The van der Waals surface area contributed by atoms with Crippen LogP contribution < -0.4 is 0 Å². The van der Waals surface area contributed by atoms with Crippen molar-refractivity contribution in [1.82, 2.24) is 0 Å². The fraction of sp³-hybridized carbons (Fsp3) is 0.235. The molecule has 2 aromatic rings. The molecule has 0 saturated heterocycles. The Kier molecular flexibility index (Phi) is 4.20. The van der Waals surface area contributed by atoms with E-state index in [2.05, 4.69) is 0 Å². The third-order valence-electron chi connectivity index (χ3n) is 3.42.